The molecule has 0 aromatic heterocycles. The average molecular weight is 541 g/mol. The first kappa shape index (κ1) is 22.3. The molecule has 32 heavy (non-hydrogen) atoms. The molecule has 6 heteroatoms. The van der Waals surface area contributed by atoms with E-state index in [1.807, 2.05) is 61.5 Å². The largest absolute Gasteiger partial charge is 0.490 e. The second-order valence-electron chi connectivity index (χ2n) is 7.33. The van der Waals surface area contributed by atoms with Crippen molar-refractivity contribution in [2.45, 2.75) is 26.7 Å². The smallest absolute Gasteiger partial charge is 0.363 e. The van der Waals surface area contributed by atoms with Crippen LogP contribution in [0.2, 0.25) is 0 Å². The summed E-state index contributed by atoms with van der Waals surface area (Å²) in [6.07, 6.45) is 3.76. The summed E-state index contributed by atoms with van der Waals surface area (Å²) in [4.78, 5) is 17.1. The molecule has 5 nitrogen and oxygen atoms in total. The highest BCUT2D eigenvalue weighted by molar-refractivity contribution is 14.1. The zero-order chi connectivity index (χ0) is 22.5. The number of carbonyl (C=O) groups is 1. The lowest BCUT2D eigenvalue weighted by atomic mass is 10.0. The molecule has 0 fully saturated rings. The molecule has 0 amide bonds. The summed E-state index contributed by atoms with van der Waals surface area (Å²) >= 11 is 2.23. The normalized spacial score (nSPS) is 14.5. The number of cyclic esters (lactones) is 1. The quantitative estimate of drug-likeness (QED) is 0.144. The van der Waals surface area contributed by atoms with Gasteiger partial charge in [0.05, 0.1) is 16.8 Å². The van der Waals surface area contributed by atoms with Crippen molar-refractivity contribution in [3.05, 3.63) is 75.0 Å². The number of aliphatic imine (C=N–C) groups is 1. The third kappa shape index (κ3) is 4.80. The molecule has 3 aromatic rings. The van der Waals surface area contributed by atoms with Crippen LogP contribution in [-0.2, 0) is 9.53 Å². The predicted octanol–water partition coefficient (Wildman–Crippen LogP) is 6.37. The Labute approximate surface area is 201 Å². The number of nitrogens with zero attached hydrogens (tertiary/aromatic N) is 1. The molecule has 1 heterocycles. The molecule has 0 aliphatic carbocycles. The molecule has 0 atom stereocenters. The molecule has 0 saturated carbocycles. The van der Waals surface area contributed by atoms with E-state index in [1.165, 1.54) is 0 Å². The fourth-order valence-corrected chi connectivity index (χ4v) is 4.27. The Bertz CT molecular complexity index is 1210. The second kappa shape index (κ2) is 10.2. The lowest BCUT2D eigenvalue weighted by Gasteiger charge is -2.14. The minimum atomic E-state index is -0.468. The first-order valence-corrected chi connectivity index (χ1v) is 11.8. The minimum absolute atomic E-state index is 0.255. The molecule has 3 aromatic carbocycles. The van der Waals surface area contributed by atoms with Crippen LogP contribution < -0.4 is 9.47 Å². The Morgan fingerprint density at radius 1 is 1.06 bits per heavy atom. The zero-order valence-electron chi connectivity index (χ0n) is 18.1. The first-order chi connectivity index (χ1) is 15.6. The lowest BCUT2D eigenvalue weighted by Crippen LogP contribution is -2.06. The molecule has 164 valence electrons. The number of halogens is 1. The van der Waals surface area contributed by atoms with E-state index in [-0.39, 0.29) is 5.70 Å². The van der Waals surface area contributed by atoms with Crippen molar-refractivity contribution < 1.29 is 19.0 Å². The van der Waals surface area contributed by atoms with Crippen LogP contribution in [-0.4, -0.2) is 25.1 Å². The van der Waals surface area contributed by atoms with Gasteiger partial charge in [-0.1, -0.05) is 49.7 Å². The van der Waals surface area contributed by atoms with Gasteiger partial charge < -0.3 is 14.2 Å². The lowest BCUT2D eigenvalue weighted by molar-refractivity contribution is -0.129. The van der Waals surface area contributed by atoms with E-state index in [0.717, 1.165) is 44.1 Å². The van der Waals surface area contributed by atoms with Crippen LogP contribution in [0, 0.1) is 3.57 Å². The SMILES string of the molecule is CCCCOc1c(I)cc(C=C2N=C(c3cccc4ccccc34)OC2=O)cc1OCC. The van der Waals surface area contributed by atoms with Gasteiger partial charge in [-0.25, -0.2) is 9.79 Å². The maximum Gasteiger partial charge on any atom is 0.363 e. The van der Waals surface area contributed by atoms with Gasteiger partial charge in [-0.05, 0) is 76.5 Å². The van der Waals surface area contributed by atoms with Crippen molar-refractivity contribution in [3.63, 3.8) is 0 Å². The van der Waals surface area contributed by atoms with Crippen LogP contribution in [0.3, 0.4) is 0 Å². The van der Waals surface area contributed by atoms with Crippen molar-refractivity contribution in [1.29, 1.82) is 0 Å². The average Bonchev–Trinajstić information content (AvgIpc) is 3.15. The molecule has 0 spiro atoms. The van der Waals surface area contributed by atoms with Gasteiger partial charge in [0.2, 0.25) is 5.90 Å². The number of rotatable bonds is 8. The van der Waals surface area contributed by atoms with E-state index in [2.05, 4.69) is 34.5 Å². The molecule has 0 bridgehead atoms. The number of ether oxygens (including phenoxy) is 3. The minimum Gasteiger partial charge on any atom is -0.490 e. The number of fused-ring (bicyclic) bond motifs is 1. The summed E-state index contributed by atoms with van der Waals surface area (Å²) in [5, 5.41) is 2.06. The van der Waals surface area contributed by atoms with Gasteiger partial charge in [0.15, 0.2) is 17.2 Å². The van der Waals surface area contributed by atoms with Crippen LogP contribution in [0.25, 0.3) is 16.8 Å². The van der Waals surface area contributed by atoms with Crippen molar-refractivity contribution >= 4 is 51.3 Å². The monoisotopic (exact) mass is 541 g/mol. The van der Waals surface area contributed by atoms with Gasteiger partial charge in [0.25, 0.3) is 0 Å². The van der Waals surface area contributed by atoms with Crippen molar-refractivity contribution in [2.24, 2.45) is 4.99 Å². The number of hydrogen-bond acceptors (Lipinski definition) is 5. The maximum absolute atomic E-state index is 12.6. The van der Waals surface area contributed by atoms with E-state index < -0.39 is 5.97 Å². The summed E-state index contributed by atoms with van der Waals surface area (Å²) in [5.41, 5.74) is 1.85. The van der Waals surface area contributed by atoms with Gasteiger partial charge in [-0.2, -0.15) is 0 Å². The number of carbonyl (C=O) groups excluding carboxylic acids is 1. The van der Waals surface area contributed by atoms with Crippen LogP contribution in [0.5, 0.6) is 11.5 Å². The Hall–Kier alpha value is -2.87. The number of esters is 1. The van der Waals surface area contributed by atoms with Crippen molar-refractivity contribution in [3.8, 4) is 11.5 Å². The highest BCUT2D eigenvalue weighted by Crippen LogP contribution is 2.35. The van der Waals surface area contributed by atoms with Crippen LogP contribution in [0.4, 0.5) is 0 Å². The van der Waals surface area contributed by atoms with Gasteiger partial charge in [0, 0.05) is 5.56 Å². The molecule has 1 aliphatic heterocycles. The standard InChI is InChI=1S/C26H24INO4/c1-3-5-13-31-24-21(27)14-17(16-23(24)30-4-2)15-22-26(29)32-25(28-22)20-12-8-10-18-9-6-7-11-19(18)20/h6-12,14-16H,3-5,13H2,1-2H3. The van der Waals surface area contributed by atoms with E-state index in [1.54, 1.807) is 6.08 Å². The molecule has 0 radical (unpaired) electrons. The van der Waals surface area contributed by atoms with Crippen LogP contribution >= 0.6 is 22.6 Å². The topological polar surface area (TPSA) is 57.1 Å². The first-order valence-electron chi connectivity index (χ1n) is 10.7. The highest BCUT2D eigenvalue weighted by Gasteiger charge is 2.25. The molecule has 0 N–H and O–H groups in total. The van der Waals surface area contributed by atoms with Crippen LogP contribution in [0.15, 0.2) is 65.3 Å². The number of unbranched alkanes of at least 4 members (excludes halogenated alkanes) is 1. The van der Waals surface area contributed by atoms with Gasteiger partial charge in [0.1, 0.15) is 0 Å². The molecule has 4 rings (SSSR count). The third-order valence-corrected chi connectivity index (χ3v) is 5.82. The van der Waals surface area contributed by atoms with Gasteiger partial charge in [-0.3, -0.25) is 0 Å². The second-order valence-corrected chi connectivity index (χ2v) is 8.49. The van der Waals surface area contributed by atoms with E-state index in [0.29, 0.717) is 24.9 Å². The molecular formula is C26H24INO4. The van der Waals surface area contributed by atoms with Crippen LogP contribution in [0.1, 0.15) is 37.8 Å². The summed E-state index contributed by atoms with van der Waals surface area (Å²) in [6.45, 7) is 5.22. The Morgan fingerprint density at radius 3 is 2.69 bits per heavy atom. The maximum atomic E-state index is 12.6. The zero-order valence-corrected chi connectivity index (χ0v) is 20.2. The molecule has 1 aliphatic rings. The summed E-state index contributed by atoms with van der Waals surface area (Å²) < 4.78 is 18.2. The summed E-state index contributed by atoms with van der Waals surface area (Å²) in [5.74, 6) is 1.24. The Kier molecular flexibility index (Phi) is 7.09. The third-order valence-electron chi connectivity index (χ3n) is 5.02. The Balaban J connectivity index is 1.68. The molecule has 0 saturated heterocycles. The van der Waals surface area contributed by atoms with Gasteiger partial charge in [-0.15, -0.1) is 0 Å². The molecule has 0 unspecified atom stereocenters. The highest BCUT2D eigenvalue weighted by atomic mass is 127. The van der Waals surface area contributed by atoms with Crippen molar-refractivity contribution in [1.82, 2.24) is 0 Å². The summed E-state index contributed by atoms with van der Waals surface area (Å²) in [6, 6.07) is 17.7. The van der Waals surface area contributed by atoms with Crippen molar-refractivity contribution in [2.75, 3.05) is 13.2 Å². The fraction of sp³-hybridized carbons (Fsp3) is 0.231. The Morgan fingerprint density at radius 2 is 1.88 bits per heavy atom. The van der Waals surface area contributed by atoms with E-state index >= 15 is 0 Å². The number of hydrogen-bond donors (Lipinski definition) is 0. The fourth-order valence-electron chi connectivity index (χ4n) is 3.49. The van der Waals surface area contributed by atoms with E-state index in [9.17, 15) is 4.79 Å². The summed E-state index contributed by atoms with van der Waals surface area (Å²) in [7, 11) is 0. The van der Waals surface area contributed by atoms with E-state index in [4.69, 9.17) is 14.2 Å². The van der Waals surface area contributed by atoms with Gasteiger partial charge >= 0.3 is 5.97 Å². The molecular weight excluding hydrogens is 517 g/mol. The predicted molar refractivity (Wildman–Crippen MR) is 135 cm³/mol. The number of benzene rings is 3.